The highest BCUT2D eigenvalue weighted by Crippen LogP contribution is 2.13. The molecule has 2 rings (SSSR count). The van der Waals surface area contributed by atoms with E-state index in [9.17, 15) is 4.79 Å². The Morgan fingerprint density at radius 3 is 3.00 bits per heavy atom. The second kappa shape index (κ2) is 2.28. The molecule has 0 saturated carbocycles. The summed E-state index contributed by atoms with van der Waals surface area (Å²) in [6.07, 6.45) is 0. The molecule has 0 saturated heterocycles. The van der Waals surface area contributed by atoms with Crippen molar-refractivity contribution in [2.75, 3.05) is 0 Å². The first-order valence-electron chi connectivity index (χ1n) is 3.13. The number of hydrogen-bond donors (Lipinski definition) is 1. The van der Waals surface area contributed by atoms with Gasteiger partial charge in [-0.2, -0.15) is 5.10 Å². The molecule has 2 heterocycles. The number of nitrogens with one attached hydrogen (secondary N) is 1. The van der Waals surface area contributed by atoms with Gasteiger partial charge < -0.3 is 0 Å². The molecule has 0 aliphatic rings. The molecular weight excluding hydrogens is 182 g/mol. The SMILES string of the molecule is Cn1nnc2c(=O)[nH]nc(Cl)c21. The molecule has 2 aromatic rings. The number of nitrogens with zero attached hydrogens (tertiary/aromatic N) is 4. The average molecular weight is 186 g/mol. The van der Waals surface area contributed by atoms with Crippen LogP contribution in [-0.4, -0.2) is 25.2 Å². The van der Waals surface area contributed by atoms with E-state index in [1.807, 2.05) is 0 Å². The van der Waals surface area contributed by atoms with Crippen LogP contribution in [0.5, 0.6) is 0 Å². The number of H-pyrrole nitrogens is 1. The van der Waals surface area contributed by atoms with Gasteiger partial charge in [-0.3, -0.25) is 4.79 Å². The maximum atomic E-state index is 11.1. The highest BCUT2D eigenvalue weighted by molar-refractivity contribution is 6.33. The van der Waals surface area contributed by atoms with Crippen LogP contribution in [0, 0.1) is 0 Å². The van der Waals surface area contributed by atoms with Gasteiger partial charge in [0, 0.05) is 7.05 Å². The Kier molecular flexibility index (Phi) is 1.37. The Balaban J connectivity index is 3.09. The summed E-state index contributed by atoms with van der Waals surface area (Å²) < 4.78 is 1.40. The molecule has 0 bridgehead atoms. The molecule has 7 heteroatoms. The van der Waals surface area contributed by atoms with Gasteiger partial charge in [0.15, 0.2) is 10.7 Å². The molecule has 0 aliphatic heterocycles. The molecule has 1 N–H and O–H groups in total. The van der Waals surface area contributed by atoms with Gasteiger partial charge in [0.2, 0.25) is 0 Å². The molecule has 6 nitrogen and oxygen atoms in total. The molecule has 12 heavy (non-hydrogen) atoms. The molecule has 0 spiro atoms. The Hall–Kier alpha value is -1.43. The lowest BCUT2D eigenvalue weighted by Crippen LogP contribution is -2.08. The smallest absolute Gasteiger partial charge is 0.265 e. The van der Waals surface area contributed by atoms with Crippen LogP contribution in [0.25, 0.3) is 11.0 Å². The van der Waals surface area contributed by atoms with Crippen LogP contribution in [0.4, 0.5) is 0 Å². The summed E-state index contributed by atoms with van der Waals surface area (Å²) in [6.45, 7) is 0. The number of aryl methyl sites for hydroxylation is 1. The summed E-state index contributed by atoms with van der Waals surface area (Å²) in [5, 5.41) is 13.2. The van der Waals surface area contributed by atoms with Crippen LogP contribution in [-0.2, 0) is 7.05 Å². The zero-order valence-corrected chi connectivity index (χ0v) is 6.83. The number of halogens is 1. The Bertz CT molecular complexity index is 486. The van der Waals surface area contributed by atoms with Gasteiger partial charge in [0.25, 0.3) is 5.56 Å². The fraction of sp³-hybridized carbons (Fsp3) is 0.200. The van der Waals surface area contributed by atoms with Crippen molar-refractivity contribution in [3.63, 3.8) is 0 Å². The van der Waals surface area contributed by atoms with Crippen LogP contribution in [0.3, 0.4) is 0 Å². The first-order chi connectivity index (χ1) is 5.70. The van der Waals surface area contributed by atoms with Gasteiger partial charge in [-0.1, -0.05) is 16.8 Å². The topological polar surface area (TPSA) is 76.5 Å². The van der Waals surface area contributed by atoms with Crippen LogP contribution in [0.2, 0.25) is 5.15 Å². The van der Waals surface area contributed by atoms with Crippen LogP contribution in [0.1, 0.15) is 0 Å². The first-order valence-corrected chi connectivity index (χ1v) is 3.51. The first kappa shape index (κ1) is 7.23. The van der Waals surface area contributed by atoms with Gasteiger partial charge in [0.1, 0.15) is 5.52 Å². The number of fused-ring (bicyclic) bond motifs is 1. The van der Waals surface area contributed by atoms with Crippen molar-refractivity contribution in [3.8, 4) is 0 Å². The quantitative estimate of drug-likeness (QED) is 0.612. The largest absolute Gasteiger partial charge is 0.294 e. The van der Waals surface area contributed by atoms with Crippen molar-refractivity contribution in [2.45, 2.75) is 0 Å². The molecular formula is C5H4ClN5O. The second-order valence-electron chi connectivity index (χ2n) is 2.25. The van der Waals surface area contributed by atoms with E-state index in [2.05, 4.69) is 20.5 Å². The fourth-order valence-electron chi connectivity index (χ4n) is 0.947. The molecule has 0 atom stereocenters. The van der Waals surface area contributed by atoms with Gasteiger partial charge in [-0.25, -0.2) is 9.78 Å². The van der Waals surface area contributed by atoms with Gasteiger partial charge >= 0.3 is 0 Å². The van der Waals surface area contributed by atoms with Gasteiger partial charge in [-0.05, 0) is 0 Å². The summed E-state index contributed by atoms with van der Waals surface area (Å²) >= 11 is 5.69. The van der Waals surface area contributed by atoms with E-state index in [0.29, 0.717) is 5.52 Å². The summed E-state index contributed by atoms with van der Waals surface area (Å²) in [7, 11) is 1.64. The number of hydrogen-bond acceptors (Lipinski definition) is 4. The third kappa shape index (κ3) is 0.814. The lowest BCUT2D eigenvalue weighted by atomic mass is 10.5. The van der Waals surface area contributed by atoms with Crippen LogP contribution < -0.4 is 5.56 Å². The zero-order valence-electron chi connectivity index (χ0n) is 6.08. The third-order valence-corrected chi connectivity index (χ3v) is 1.76. The Labute approximate surface area is 71.1 Å². The van der Waals surface area contributed by atoms with Crippen LogP contribution in [0.15, 0.2) is 4.79 Å². The Morgan fingerprint density at radius 1 is 1.58 bits per heavy atom. The minimum absolute atomic E-state index is 0.192. The van der Waals surface area contributed by atoms with Crippen molar-refractivity contribution in [3.05, 3.63) is 15.5 Å². The average Bonchev–Trinajstić information content (AvgIpc) is 2.42. The van der Waals surface area contributed by atoms with Crippen molar-refractivity contribution in [2.24, 2.45) is 7.05 Å². The van der Waals surface area contributed by atoms with E-state index in [4.69, 9.17) is 11.6 Å². The predicted molar refractivity (Wildman–Crippen MR) is 41.9 cm³/mol. The molecule has 0 amide bonds. The highest BCUT2D eigenvalue weighted by atomic mass is 35.5. The maximum Gasteiger partial charge on any atom is 0.294 e. The lowest BCUT2D eigenvalue weighted by molar-refractivity contribution is 0.735. The maximum absolute atomic E-state index is 11.1. The van der Waals surface area contributed by atoms with Crippen molar-refractivity contribution in [1.29, 1.82) is 0 Å². The Morgan fingerprint density at radius 2 is 2.33 bits per heavy atom. The molecule has 62 valence electrons. The van der Waals surface area contributed by atoms with E-state index >= 15 is 0 Å². The van der Waals surface area contributed by atoms with Gasteiger partial charge in [0.05, 0.1) is 0 Å². The standard InChI is InChI=1S/C5H4ClN5O/c1-11-3-2(7-10-11)5(12)9-8-4(3)6/h1H3,(H,9,12). The third-order valence-electron chi connectivity index (χ3n) is 1.49. The van der Waals surface area contributed by atoms with Crippen molar-refractivity contribution in [1.82, 2.24) is 25.2 Å². The number of aromatic nitrogens is 5. The summed E-state index contributed by atoms with van der Waals surface area (Å²) in [5.41, 5.74) is 0.264. The number of rotatable bonds is 0. The second-order valence-corrected chi connectivity index (χ2v) is 2.61. The van der Waals surface area contributed by atoms with E-state index in [1.165, 1.54) is 4.68 Å². The van der Waals surface area contributed by atoms with E-state index in [1.54, 1.807) is 7.05 Å². The van der Waals surface area contributed by atoms with E-state index in [0.717, 1.165) is 0 Å². The number of aromatic amines is 1. The van der Waals surface area contributed by atoms with Crippen molar-refractivity contribution >= 4 is 22.6 Å². The van der Waals surface area contributed by atoms with Crippen LogP contribution >= 0.6 is 11.6 Å². The van der Waals surface area contributed by atoms with Gasteiger partial charge in [-0.15, -0.1) is 5.10 Å². The highest BCUT2D eigenvalue weighted by Gasteiger charge is 2.09. The normalized spacial score (nSPS) is 10.8. The van der Waals surface area contributed by atoms with Crippen molar-refractivity contribution < 1.29 is 0 Å². The summed E-state index contributed by atoms with van der Waals surface area (Å²) in [6, 6.07) is 0. The molecule has 0 fully saturated rings. The summed E-state index contributed by atoms with van der Waals surface area (Å²) in [5.74, 6) is 0. The monoisotopic (exact) mass is 185 g/mol. The van der Waals surface area contributed by atoms with E-state index < -0.39 is 0 Å². The molecule has 0 unspecified atom stereocenters. The lowest BCUT2D eigenvalue weighted by Gasteiger charge is -1.91. The summed E-state index contributed by atoms with van der Waals surface area (Å²) in [4.78, 5) is 11.1. The fourth-order valence-corrected chi connectivity index (χ4v) is 1.20. The zero-order chi connectivity index (χ0) is 8.72. The minimum Gasteiger partial charge on any atom is -0.265 e. The molecule has 2 aromatic heterocycles. The predicted octanol–water partition coefficient (Wildman–Crippen LogP) is -0.295. The molecule has 0 radical (unpaired) electrons. The minimum atomic E-state index is -0.387. The molecule has 0 aliphatic carbocycles. The van der Waals surface area contributed by atoms with E-state index in [-0.39, 0.29) is 16.2 Å². The molecule has 0 aromatic carbocycles.